The smallest absolute Gasteiger partial charge is 0.406 e. The molecule has 1 heterocycles. The number of aliphatic hydroxyl groups is 1. The van der Waals surface area contributed by atoms with Gasteiger partial charge < -0.3 is 9.84 Å². The van der Waals surface area contributed by atoms with Crippen LogP contribution in [-0.4, -0.2) is 11.5 Å². The monoisotopic (exact) mass is 322 g/mol. The third kappa shape index (κ3) is 4.40. The quantitative estimate of drug-likeness (QED) is 0.893. The van der Waals surface area contributed by atoms with Gasteiger partial charge in [0.1, 0.15) is 5.75 Å². The SMILES string of the molecule is OC(Cc1ccc(Cl)s1)c1ccc(OC(F)(F)F)cc1. The maximum atomic E-state index is 12.0. The van der Waals surface area contributed by atoms with Crippen molar-refractivity contribution in [3.8, 4) is 5.75 Å². The maximum absolute atomic E-state index is 12.0. The summed E-state index contributed by atoms with van der Waals surface area (Å²) < 4.78 is 40.4. The molecule has 0 bridgehead atoms. The van der Waals surface area contributed by atoms with Crippen LogP contribution in [0.1, 0.15) is 16.5 Å². The van der Waals surface area contributed by atoms with Gasteiger partial charge in [-0.1, -0.05) is 23.7 Å². The van der Waals surface area contributed by atoms with Crippen LogP contribution in [0.15, 0.2) is 36.4 Å². The van der Waals surface area contributed by atoms with Gasteiger partial charge in [-0.3, -0.25) is 0 Å². The molecule has 0 amide bonds. The van der Waals surface area contributed by atoms with E-state index in [0.717, 1.165) is 4.88 Å². The minimum absolute atomic E-state index is 0.312. The number of ether oxygens (including phenoxy) is 1. The van der Waals surface area contributed by atoms with Gasteiger partial charge in [-0.25, -0.2) is 0 Å². The Balaban J connectivity index is 2.02. The van der Waals surface area contributed by atoms with E-state index < -0.39 is 12.5 Å². The lowest BCUT2D eigenvalue weighted by Gasteiger charge is -2.12. The second kappa shape index (κ2) is 6.03. The molecule has 2 aromatic rings. The number of hydrogen-bond acceptors (Lipinski definition) is 3. The Morgan fingerprint density at radius 1 is 1.15 bits per heavy atom. The lowest BCUT2D eigenvalue weighted by molar-refractivity contribution is -0.274. The molecule has 0 spiro atoms. The molecule has 20 heavy (non-hydrogen) atoms. The first-order valence-electron chi connectivity index (χ1n) is 5.61. The van der Waals surface area contributed by atoms with Crippen LogP contribution in [0, 0.1) is 0 Å². The van der Waals surface area contributed by atoms with Gasteiger partial charge >= 0.3 is 6.36 Å². The van der Waals surface area contributed by atoms with Gasteiger partial charge in [0.15, 0.2) is 0 Å². The number of halogens is 4. The molecule has 2 nitrogen and oxygen atoms in total. The number of rotatable bonds is 4. The first kappa shape index (κ1) is 15.2. The molecule has 7 heteroatoms. The van der Waals surface area contributed by atoms with E-state index in [0.29, 0.717) is 16.3 Å². The summed E-state index contributed by atoms with van der Waals surface area (Å²) in [5, 5.41) is 10.0. The third-order valence-electron chi connectivity index (χ3n) is 2.52. The normalized spacial score (nSPS) is 13.2. The molecule has 0 saturated heterocycles. The van der Waals surface area contributed by atoms with E-state index in [1.165, 1.54) is 35.6 Å². The minimum atomic E-state index is -4.71. The number of thiophene rings is 1. The Morgan fingerprint density at radius 3 is 2.30 bits per heavy atom. The Kier molecular flexibility index (Phi) is 4.57. The zero-order valence-corrected chi connectivity index (χ0v) is 11.6. The molecule has 1 N–H and O–H groups in total. The highest BCUT2D eigenvalue weighted by Gasteiger charge is 2.31. The highest BCUT2D eigenvalue weighted by atomic mass is 35.5. The van der Waals surface area contributed by atoms with Crippen molar-refractivity contribution in [2.75, 3.05) is 0 Å². The van der Waals surface area contributed by atoms with Crippen LogP contribution in [0.4, 0.5) is 13.2 Å². The molecule has 0 saturated carbocycles. The first-order valence-corrected chi connectivity index (χ1v) is 6.81. The summed E-state index contributed by atoms with van der Waals surface area (Å²) in [6, 6.07) is 8.69. The zero-order valence-electron chi connectivity index (χ0n) is 10.0. The second-order valence-corrected chi connectivity index (χ2v) is 5.84. The fraction of sp³-hybridized carbons (Fsp3) is 0.231. The van der Waals surface area contributed by atoms with E-state index in [1.54, 1.807) is 12.1 Å². The van der Waals surface area contributed by atoms with Crippen molar-refractivity contribution in [3.63, 3.8) is 0 Å². The largest absolute Gasteiger partial charge is 0.573 e. The van der Waals surface area contributed by atoms with Crippen molar-refractivity contribution in [1.29, 1.82) is 0 Å². The van der Waals surface area contributed by atoms with E-state index >= 15 is 0 Å². The summed E-state index contributed by atoms with van der Waals surface area (Å²) in [6.07, 6.45) is -5.16. The average molecular weight is 323 g/mol. The Labute approximate surface area is 122 Å². The maximum Gasteiger partial charge on any atom is 0.573 e. The highest BCUT2D eigenvalue weighted by Crippen LogP contribution is 2.28. The van der Waals surface area contributed by atoms with Crippen molar-refractivity contribution in [2.24, 2.45) is 0 Å². The van der Waals surface area contributed by atoms with Crippen LogP contribution < -0.4 is 4.74 Å². The van der Waals surface area contributed by atoms with Crippen molar-refractivity contribution in [1.82, 2.24) is 0 Å². The van der Waals surface area contributed by atoms with Crippen LogP contribution in [0.5, 0.6) is 5.75 Å². The van der Waals surface area contributed by atoms with Crippen LogP contribution >= 0.6 is 22.9 Å². The average Bonchev–Trinajstić information content (AvgIpc) is 2.73. The highest BCUT2D eigenvalue weighted by molar-refractivity contribution is 7.16. The Bertz CT molecular complexity index is 566. The summed E-state index contributed by atoms with van der Waals surface area (Å²) in [5.41, 5.74) is 0.518. The van der Waals surface area contributed by atoms with Crippen molar-refractivity contribution < 1.29 is 23.0 Å². The summed E-state index contributed by atoms with van der Waals surface area (Å²) in [6.45, 7) is 0. The second-order valence-electron chi connectivity index (χ2n) is 4.04. The number of alkyl halides is 3. The summed E-state index contributed by atoms with van der Waals surface area (Å²) in [5.74, 6) is -0.312. The number of aliphatic hydroxyl groups excluding tert-OH is 1. The molecule has 1 unspecified atom stereocenters. The molecule has 0 fully saturated rings. The van der Waals surface area contributed by atoms with Gasteiger partial charge in [0.2, 0.25) is 0 Å². The van der Waals surface area contributed by atoms with E-state index in [9.17, 15) is 18.3 Å². The standard InChI is InChI=1S/C13H10ClF3O2S/c14-12-6-5-10(20-12)7-11(18)8-1-3-9(4-2-8)19-13(15,16)17/h1-6,11,18H,7H2. The van der Waals surface area contributed by atoms with E-state index in [1.807, 2.05) is 0 Å². The van der Waals surface area contributed by atoms with Gasteiger partial charge in [-0.05, 0) is 29.8 Å². The predicted octanol–water partition coefficient (Wildman–Crippen LogP) is 4.58. The zero-order chi connectivity index (χ0) is 14.8. The van der Waals surface area contributed by atoms with Gasteiger partial charge in [0.25, 0.3) is 0 Å². The van der Waals surface area contributed by atoms with Crippen LogP contribution in [0.2, 0.25) is 4.34 Å². The molecule has 0 aliphatic rings. The minimum Gasteiger partial charge on any atom is -0.406 e. The van der Waals surface area contributed by atoms with Gasteiger partial charge in [-0.2, -0.15) is 0 Å². The molecule has 0 aliphatic carbocycles. The van der Waals surface area contributed by atoms with E-state index in [4.69, 9.17) is 11.6 Å². The topological polar surface area (TPSA) is 29.5 Å². The molecule has 1 aromatic heterocycles. The number of benzene rings is 1. The molecule has 0 aliphatic heterocycles. The van der Waals surface area contributed by atoms with Crippen molar-refractivity contribution >= 4 is 22.9 Å². The van der Waals surface area contributed by atoms with E-state index in [-0.39, 0.29) is 5.75 Å². The Morgan fingerprint density at radius 2 is 1.80 bits per heavy atom. The van der Waals surface area contributed by atoms with Crippen molar-refractivity contribution in [2.45, 2.75) is 18.9 Å². The predicted molar refractivity (Wildman–Crippen MR) is 71.1 cm³/mol. The summed E-state index contributed by atoms with van der Waals surface area (Å²) in [4.78, 5) is 0.901. The van der Waals surface area contributed by atoms with Crippen LogP contribution in [-0.2, 0) is 6.42 Å². The van der Waals surface area contributed by atoms with Gasteiger partial charge in [0.05, 0.1) is 10.4 Å². The molecular formula is C13H10ClF3O2S. The molecular weight excluding hydrogens is 313 g/mol. The molecule has 1 aromatic carbocycles. The number of hydrogen-bond donors (Lipinski definition) is 1. The lowest BCUT2D eigenvalue weighted by atomic mass is 10.1. The van der Waals surface area contributed by atoms with Gasteiger partial charge in [0, 0.05) is 11.3 Å². The summed E-state index contributed by atoms with van der Waals surface area (Å²) in [7, 11) is 0. The van der Waals surface area contributed by atoms with Crippen LogP contribution in [0.25, 0.3) is 0 Å². The lowest BCUT2D eigenvalue weighted by Crippen LogP contribution is -2.17. The van der Waals surface area contributed by atoms with Crippen LogP contribution in [0.3, 0.4) is 0 Å². The van der Waals surface area contributed by atoms with E-state index in [2.05, 4.69) is 4.74 Å². The first-order chi connectivity index (χ1) is 9.33. The summed E-state index contributed by atoms with van der Waals surface area (Å²) >= 11 is 7.14. The molecule has 0 radical (unpaired) electrons. The molecule has 2 rings (SSSR count). The van der Waals surface area contributed by atoms with Gasteiger partial charge in [-0.15, -0.1) is 24.5 Å². The van der Waals surface area contributed by atoms with Crippen molar-refractivity contribution in [3.05, 3.63) is 51.2 Å². The fourth-order valence-corrected chi connectivity index (χ4v) is 2.79. The Hall–Kier alpha value is -1.24. The molecule has 1 atom stereocenters. The fourth-order valence-electron chi connectivity index (χ4n) is 1.66. The molecule has 108 valence electrons. The third-order valence-corrected chi connectivity index (χ3v) is 3.78.